The van der Waals surface area contributed by atoms with Gasteiger partial charge in [0.05, 0.1) is 0 Å². The number of imide groups is 1. The molecule has 0 radical (unpaired) electrons. The van der Waals surface area contributed by atoms with E-state index in [1.54, 1.807) is 0 Å². The number of piperazine rings is 1. The van der Waals surface area contributed by atoms with Gasteiger partial charge >= 0.3 is 0 Å². The molecule has 0 spiro atoms. The highest BCUT2D eigenvalue weighted by molar-refractivity contribution is 7.80. The predicted molar refractivity (Wildman–Crippen MR) is 61.2 cm³/mol. The molecule has 8 heteroatoms. The van der Waals surface area contributed by atoms with Crippen molar-refractivity contribution in [2.75, 3.05) is 18.8 Å². The van der Waals surface area contributed by atoms with E-state index in [4.69, 9.17) is 0 Å². The number of amides is 4. The van der Waals surface area contributed by atoms with E-state index in [9.17, 15) is 19.2 Å². The zero-order valence-corrected chi connectivity index (χ0v) is 10.1. The molecule has 1 unspecified atom stereocenters. The predicted octanol–water partition coefficient (Wildman–Crippen LogP) is -2.09. The summed E-state index contributed by atoms with van der Waals surface area (Å²) in [6.07, 6.45) is 0. The van der Waals surface area contributed by atoms with Gasteiger partial charge in [-0.25, -0.2) is 0 Å². The minimum absolute atomic E-state index is 0.102. The highest BCUT2D eigenvalue weighted by atomic mass is 32.1. The maximum Gasteiger partial charge on any atom is 0.246 e. The van der Waals surface area contributed by atoms with Gasteiger partial charge in [0.1, 0.15) is 19.1 Å². The number of nitrogens with zero attached hydrogens (tertiary/aromatic N) is 1. The molecule has 1 atom stereocenters. The fourth-order valence-electron chi connectivity index (χ4n) is 1.44. The third-order valence-electron chi connectivity index (χ3n) is 2.12. The van der Waals surface area contributed by atoms with E-state index < -0.39 is 23.8 Å². The van der Waals surface area contributed by atoms with Crippen molar-refractivity contribution in [1.29, 1.82) is 0 Å². The monoisotopic (exact) mass is 259 g/mol. The Morgan fingerprint density at radius 1 is 1.41 bits per heavy atom. The van der Waals surface area contributed by atoms with Gasteiger partial charge in [-0.05, 0) is 0 Å². The molecule has 4 amide bonds. The number of carbonyl (C=O) groups is 4. The summed E-state index contributed by atoms with van der Waals surface area (Å²) < 4.78 is 0. The summed E-state index contributed by atoms with van der Waals surface area (Å²) >= 11 is 3.95. The Kier molecular flexibility index (Phi) is 4.50. The van der Waals surface area contributed by atoms with Crippen molar-refractivity contribution < 1.29 is 19.2 Å². The Balaban J connectivity index is 2.69. The first-order chi connectivity index (χ1) is 7.93. The highest BCUT2D eigenvalue weighted by Crippen LogP contribution is 2.01. The first kappa shape index (κ1) is 13.5. The topological polar surface area (TPSA) is 95.6 Å². The van der Waals surface area contributed by atoms with Gasteiger partial charge in [-0.3, -0.25) is 24.5 Å². The first-order valence-electron chi connectivity index (χ1n) is 4.93. The van der Waals surface area contributed by atoms with Gasteiger partial charge in [-0.2, -0.15) is 12.6 Å². The molecule has 1 fully saturated rings. The lowest BCUT2D eigenvalue weighted by atomic mass is 10.2. The van der Waals surface area contributed by atoms with Gasteiger partial charge in [0.2, 0.25) is 23.6 Å². The van der Waals surface area contributed by atoms with Crippen LogP contribution in [0.1, 0.15) is 6.92 Å². The maximum atomic E-state index is 11.9. The van der Waals surface area contributed by atoms with Crippen LogP contribution in [-0.2, 0) is 19.2 Å². The average molecular weight is 259 g/mol. The Morgan fingerprint density at radius 3 is 2.35 bits per heavy atom. The lowest BCUT2D eigenvalue weighted by Crippen LogP contribution is -2.58. The number of hydrogen-bond donors (Lipinski definition) is 3. The Hall–Kier alpha value is -1.57. The van der Waals surface area contributed by atoms with E-state index >= 15 is 0 Å². The smallest absolute Gasteiger partial charge is 0.246 e. The van der Waals surface area contributed by atoms with Crippen molar-refractivity contribution in [1.82, 2.24) is 15.5 Å². The molecular weight excluding hydrogens is 246 g/mol. The summed E-state index contributed by atoms with van der Waals surface area (Å²) in [6, 6.07) is -0.825. The lowest BCUT2D eigenvalue weighted by Gasteiger charge is -2.28. The summed E-state index contributed by atoms with van der Waals surface area (Å²) in [6.45, 7) is 0.903. The average Bonchev–Trinajstić information content (AvgIpc) is 2.23. The Labute approximate surface area is 103 Å². The number of nitrogens with one attached hydrogen (secondary N) is 2. The molecule has 2 N–H and O–H groups in total. The summed E-state index contributed by atoms with van der Waals surface area (Å²) in [7, 11) is 0. The summed E-state index contributed by atoms with van der Waals surface area (Å²) in [4.78, 5) is 46.0. The van der Waals surface area contributed by atoms with Gasteiger partial charge in [-0.1, -0.05) is 0 Å². The second-order valence-corrected chi connectivity index (χ2v) is 3.97. The number of thiol groups is 1. The molecule has 17 heavy (non-hydrogen) atoms. The van der Waals surface area contributed by atoms with Crippen LogP contribution in [0.2, 0.25) is 0 Å². The second-order valence-electron chi connectivity index (χ2n) is 3.60. The normalized spacial score (nSPS) is 17.4. The summed E-state index contributed by atoms with van der Waals surface area (Å²) in [5.74, 6) is -1.82. The molecule has 1 aliphatic heterocycles. The number of hydrogen-bond acceptors (Lipinski definition) is 5. The zero-order valence-electron chi connectivity index (χ0n) is 9.23. The molecule has 0 aromatic carbocycles. The third kappa shape index (κ3) is 3.74. The van der Waals surface area contributed by atoms with Crippen LogP contribution in [-0.4, -0.2) is 53.4 Å². The van der Waals surface area contributed by atoms with Crippen LogP contribution in [0.4, 0.5) is 0 Å². The van der Waals surface area contributed by atoms with E-state index in [0.29, 0.717) is 0 Å². The second kappa shape index (κ2) is 5.67. The summed E-state index contributed by atoms with van der Waals surface area (Å²) in [5, 5.41) is 4.49. The van der Waals surface area contributed by atoms with E-state index in [1.807, 2.05) is 0 Å². The molecule has 1 rings (SSSR count). The molecule has 1 heterocycles. The van der Waals surface area contributed by atoms with E-state index in [1.165, 1.54) is 6.92 Å². The first-order valence-corrected chi connectivity index (χ1v) is 5.56. The van der Waals surface area contributed by atoms with E-state index in [2.05, 4.69) is 23.3 Å². The lowest BCUT2D eigenvalue weighted by molar-refractivity contribution is -0.146. The fourth-order valence-corrected chi connectivity index (χ4v) is 1.69. The molecule has 0 bridgehead atoms. The SMILES string of the molecule is CC(=O)NC(CS)C(=O)N1CC(=O)NC(=O)C1. The van der Waals surface area contributed by atoms with Crippen LogP contribution in [0.3, 0.4) is 0 Å². The van der Waals surface area contributed by atoms with Gasteiger partial charge in [-0.15, -0.1) is 0 Å². The molecule has 0 aliphatic carbocycles. The maximum absolute atomic E-state index is 11.9. The van der Waals surface area contributed by atoms with Crippen molar-refractivity contribution in [3.05, 3.63) is 0 Å². The third-order valence-corrected chi connectivity index (χ3v) is 2.48. The van der Waals surface area contributed by atoms with Crippen molar-refractivity contribution in [2.24, 2.45) is 0 Å². The molecule has 94 valence electrons. The van der Waals surface area contributed by atoms with Gasteiger partial charge in [0, 0.05) is 12.7 Å². The van der Waals surface area contributed by atoms with Crippen LogP contribution in [0.15, 0.2) is 0 Å². The summed E-state index contributed by atoms with van der Waals surface area (Å²) in [5.41, 5.74) is 0. The van der Waals surface area contributed by atoms with Crippen LogP contribution < -0.4 is 10.6 Å². The van der Waals surface area contributed by atoms with Gasteiger partial charge < -0.3 is 10.2 Å². The standard InChI is InChI=1S/C9H13N3O4S/c1-5(13)10-6(4-17)9(16)12-2-7(14)11-8(15)3-12/h6,17H,2-4H2,1H3,(H,10,13)(H,11,14,15). The fraction of sp³-hybridized carbons (Fsp3) is 0.556. The van der Waals surface area contributed by atoms with Crippen LogP contribution in [0.5, 0.6) is 0 Å². The van der Waals surface area contributed by atoms with Crippen LogP contribution >= 0.6 is 12.6 Å². The number of carbonyl (C=O) groups excluding carboxylic acids is 4. The quantitative estimate of drug-likeness (QED) is 0.400. The Morgan fingerprint density at radius 2 is 1.94 bits per heavy atom. The van der Waals surface area contributed by atoms with E-state index in [-0.39, 0.29) is 24.7 Å². The van der Waals surface area contributed by atoms with Gasteiger partial charge in [0.15, 0.2) is 0 Å². The molecular formula is C9H13N3O4S. The minimum atomic E-state index is -0.825. The van der Waals surface area contributed by atoms with Crippen molar-refractivity contribution in [3.63, 3.8) is 0 Å². The molecule has 0 saturated carbocycles. The minimum Gasteiger partial charge on any atom is -0.344 e. The highest BCUT2D eigenvalue weighted by Gasteiger charge is 2.30. The van der Waals surface area contributed by atoms with Crippen molar-refractivity contribution in [3.8, 4) is 0 Å². The van der Waals surface area contributed by atoms with Crippen molar-refractivity contribution >= 4 is 36.3 Å². The Bertz CT molecular complexity index is 355. The molecule has 0 aromatic rings. The van der Waals surface area contributed by atoms with Gasteiger partial charge in [0.25, 0.3) is 0 Å². The zero-order chi connectivity index (χ0) is 13.0. The molecule has 1 aliphatic rings. The molecule has 7 nitrogen and oxygen atoms in total. The van der Waals surface area contributed by atoms with Crippen LogP contribution in [0.25, 0.3) is 0 Å². The molecule has 1 saturated heterocycles. The van der Waals surface area contributed by atoms with Crippen molar-refractivity contribution in [2.45, 2.75) is 13.0 Å². The van der Waals surface area contributed by atoms with E-state index in [0.717, 1.165) is 4.90 Å². The largest absolute Gasteiger partial charge is 0.344 e. The van der Waals surface area contributed by atoms with Crippen LogP contribution in [0, 0.1) is 0 Å². The molecule has 0 aromatic heterocycles. The number of rotatable bonds is 3.